The minimum Gasteiger partial charge on any atom is -0.493 e. The Morgan fingerprint density at radius 2 is 2.14 bits per heavy atom. The van der Waals surface area contributed by atoms with Crippen LogP contribution in [0.1, 0.15) is 5.56 Å². The summed E-state index contributed by atoms with van der Waals surface area (Å²) in [6.07, 6.45) is 4.15. The van der Waals surface area contributed by atoms with Crippen LogP contribution in [0.2, 0.25) is 0 Å². The van der Waals surface area contributed by atoms with Crippen molar-refractivity contribution in [2.45, 2.75) is 6.42 Å². The molecule has 0 aliphatic heterocycles. The van der Waals surface area contributed by atoms with E-state index in [1.54, 1.807) is 18.4 Å². The standard InChI is InChI=1S/C16H14N2O2S/c1-3-4-11-5-6-13(14(9-11)19-2)20-15-12-7-8-21-16(12)18-10-17-15/h3,5-10H,1,4H2,2H3. The molecular formula is C16H14N2O2S. The molecule has 0 amide bonds. The summed E-state index contributed by atoms with van der Waals surface area (Å²) in [4.78, 5) is 9.32. The van der Waals surface area contributed by atoms with Crippen LogP contribution >= 0.6 is 11.3 Å². The first-order valence-electron chi connectivity index (χ1n) is 6.45. The summed E-state index contributed by atoms with van der Waals surface area (Å²) >= 11 is 1.56. The number of methoxy groups -OCH3 is 1. The highest BCUT2D eigenvalue weighted by Gasteiger charge is 2.11. The van der Waals surface area contributed by atoms with Crippen molar-refractivity contribution >= 4 is 21.6 Å². The second-order valence-corrected chi connectivity index (χ2v) is 5.29. The molecule has 21 heavy (non-hydrogen) atoms. The molecule has 106 valence electrons. The fourth-order valence-corrected chi connectivity index (χ4v) is 2.77. The van der Waals surface area contributed by atoms with Gasteiger partial charge in [-0.15, -0.1) is 17.9 Å². The third kappa shape index (κ3) is 2.73. The van der Waals surface area contributed by atoms with Gasteiger partial charge in [0.2, 0.25) is 5.88 Å². The molecular weight excluding hydrogens is 284 g/mol. The molecule has 4 nitrogen and oxygen atoms in total. The van der Waals surface area contributed by atoms with Crippen LogP contribution in [0.3, 0.4) is 0 Å². The zero-order valence-electron chi connectivity index (χ0n) is 11.6. The van der Waals surface area contributed by atoms with Crippen LogP contribution in [0, 0.1) is 0 Å². The summed E-state index contributed by atoms with van der Waals surface area (Å²) < 4.78 is 11.3. The highest BCUT2D eigenvalue weighted by Crippen LogP contribution is 2.35. The van der Waals surface area contributed by atoms with Crippen LogP contribution in [-0.4, -0.2) is 17.1 Å². The van der Waals surface area contributed by atoms with E-state index in [0.29, 0.717) is 17.4 Å². The Morgan fingerprint density at radius 1 is 1.24 bits per heavy atom. The molecule has 0 radical (unpaired) electrons. The first-order chi connectivity index (χ1) is 10.3. The average molecular weight is 298 g/mol. The second-order valence-electron chi connectivity index (χ2n) is 4.40. The van der Waals surface area contributed by atoms with Crippen LogP contribution in [0.25, 0.3) is 10.2 Å². The van der Waals surface area contributed by atoms with Gasteiger partial charge in [0, 0.05) is 0 Å². The third-order valence-corrected chi connectivity index (χ3v) is 3.86. The van der Waals surface area contributed by atoms with Crippen molar-refractivity contribution < 1.29 is 9.47 Å². The number of allylic oxidation sites excluding steroid dienone is 1. The number of hydrogen-bond donors (Lipinski definition) is 0. The quantitative estimate of drug-likeness (QED) is 0.661. The van der Waals surface area contributed by atoms with Gasteiger partial charge in [-0.05, 0) is 35.6 Å². The third-order valence-electron chi connectivity index (χ3n) is 3.04. The van der Waals surface area contributed by atoms with Gasteiger partial charge < -0.3 is 9.47 Å². The predicted molar refractivity (Wildman–Crippen MR) is 84.4 cm³/mol. The number of fused-ring (bicyclic) bond motifs is 1. The average Bonchev–Trinajstić information content (AvgIpc) is 2.98. The maximum Gasteiger partial charge on any atom is 0.231 e. The molecule has 0 N–H and O–H groups in total. The summed E-state index contributed by atoms with van der Waals surface area (Å²) in [5.41, 5.74) is 1.12. The zero-order valence-corrected chi connectivity index (χ0v) is 12.4. The lowest BCUT2D eigenvalue weighted by Crippen LogP contribution is -1.94. The fourth-order valence-electron chi connectivity index (χ4n) is 2.04. The van der Waals surface area contributed by atoms with Crippen molar-refractivity contribution in [3.8, 4) is 17.4 Å². The minimum atomic E-state index is 0.538. The maximum atomic E-state index is 5.91. The molecule has 1 aromatic carbocycles. The van der Waals surface area contributed by atoms with Crippen LogP contribution in [0.15, 0.2) is 48.6 Å². The molecule has 0 saturated heterocycles. The van der Waals surface area contributed by atoms with Crippen molar-refractivity contribution in [3.63, 3.8) is 0 Å². The molecule has 0 bridgehead atoms. The molecule has 3 rings (SSSR count). The number of hydrogen-bond acceptors (Lipinski definition) is 5. The molecule has 2 heterocycles. The van der Waals surface area contributed by atoms with Gasteiger partial charge >= 0.3 is 0 Å². The molecule has 0 unspecified atom stereocenters. The molecule has 0 aliphatic rings. The van der Waals surface area contributed by atoms with Crippen molar-refractivity contribution in [1.82, 2.24) is 9.97 Å². The second kappa shape index (κ2) is 5.93. The lowest BCUT2D eigenvalue weighted by molar-refractivity contribution is 0.375. The first kappa shape index (κ1) is 13.6. The van der Waals surface area contributed by atoms with Gasteiger partial charge in [0.05, 0.1) is 12.5 Å². The monoisotopic (exact) mass is 298 g/mol. The zero-order chi connectivity index (χ0) is 14.7. The fraction of sp³-hybridized carbons (Fsp3) is 0.125. The molecule has 0 aliphatic carbocycles. The number of aromatic nitrogens is 2. The molecule has 0 fully saturated rings. The Bertz CT molecular complexity index is 783. The van der Waals surface area contributed by atoms with Crippen molar-refractivity contribution in [3.05, 3.63) is 54.2 Å². The van der Waals surface area contributed by atoms with Gasteiger partial charge in [-0.2, -0.15) is 0 Å². The first-order valence-corrected chi connectivity index (χ1v) is 7.33. The van der Waals surface area contributed by atoms with Crippen LogP contribution in [0.5, 0.6) is 17.4 Å². The van der Waals surface area contributed by atoms with E-state index in [2.05, 4.69) is 16.5 Å². The van der Waals surface area contributed by atoms with E-state index in [1.807, 2.05) is 35.7 Å². The number of thiophene rings is 1. The lowest BCUT2D eigenvalue weighted by Gasteiger charge is -2.11. The summed E-state index contributed by atoms with van der Waals surface area (Å²) in [6, 6.07) is 7.78. The summed E-state index contributed by atoms with van der Waals surface area (Å²) in [7, 11) is 1.63. The Balaban J connectivity index is 1.97. The van der Waals surface area contributed by atoms with Gasteiger partial charge in [-0.3, -0.25) is 0 Å². The molecule has 0 spiro atoms. The van der Waals surface area contributed by atoms with Crippen molar-refractivity contribution in [2.24, 2.45) is 0 Å². The molecule has 2 aromatic heterocycles. The normalized spacial score (nSPS) is 10.5. The molecule has 5 heteroatoms. The smallest absolute Gasteiger partial charge is 0.231 e. The van der Waals surface area contributed by atoms with Gasteiger partial charge in [-0.25, -0.2) is 9.97 Å². The van der Waals surface area contributed by atoms with E-state index in [9.17, 15) is 0 Å². The van der Waals surface area contributed by atoms with Gasteiger partial charge in [0.1, 0.15) is 11.2 Å². The van der Waals surface area contributed by atoms with Crippen LogP contribution in [-0.2, 0) is 6.42 Å². The number of nitrogens with zero attached hydrogens (tertiary/aromatic N) is 2. The molecule has 0 atom stereocenters. The van der Waals surface area contributed by atoms with E-state index < -0.39 is 0 Å². The topological polar surface area (TPSA) is 44.2 Å². The van der Waals surface area contributed by atoms with Crippen LogP contribution in [0.4, 0.5) is 0 Å². The minimum absolute atomic E-state index is 0.538. The Morgan fingerprint density at radius 3 is 2.95 bits per heavy atom. The largest absolute Gasteiger partial charge is 0.493 e. The lowest BCUT2D eigenvalue weighted by atomic mass is 10.1. The van der Waals surface area contributed by atoms with E-state index in [1.165, 1.54) is 6.33 Å². The van der Waals surface area contributed by atoms with E-state index >= 15 is 0 Å². The Hall–Kier alpha value is -2.40. The van der Waals surface area contributed by atoms with E-state index in [0.717, 1.165) is 22.2 Å². The SMILES string of the molecule is C=CCc1ccc(Oc2ncnc3sccc23)c(OC)c1. The van der Waals surface area contributed by atoms with E-state index in [4.69, 9.17) is 9.47 Å². The maximum absolute atomic E-state index is 5.91. The Labute approximate surface area is 126 Å². The van der Waals surface area contributed by atoms with Crippen LogP contribution < -0.4 is 9.47 Å². The van der Waals surface area contributed by atoms with Crippen molar-refractivity contribution in [1.29, 1.82) is 0 Å². The summed E-state index contributed by atoms with van der Waals surface area (Å²) in [5.74, 6) is 1.85. The molecule has 3 aromatic rings. The predicted octanol–water partition coefficient (Wildman–Crippen LogP) is 4.22. The number of benzene rings is 1. The number of rotatable bonds is 5. The van der Waals surface area contributed by atoms with Gasteiger partial charge in [-0.1, -0.05) is 12.1 Å². The van der Waals surface area contributed by atoms with Gasteiger partial charge in [0.15, 0.2) is 11.5 Å². The Kier molecular flexibility index (Phi) is 3.83. The number of ether oxygens (including phenoxy) is 2. The molecule has 0 saturated carbocycles. The van der Waals surface area contributed by atoms with Crippen molar-refractivity contribution in [2.75, 3.05) is 7.11 Å². The highest BCUT2D eigenvalue weighted by atomic mass is 32.1. The van der Waals surface area contributed by atoms with E-state index in [-0.39, 0.29) is 0 Å². The summed E-state index contributed by atoms with van der Waals surface area (Å²) in [5, 5.41) is 2.87. The highest BCUT2D eigenvalue weighted by molar-refractivity contribution is 7.16. The van der Waals surface area contributed by atoms with Gasteiger partial charge in [0.25, 0.3) is 0 Å². The summed E-state index contributed by atoms with van der Waals surface area (Å²) in [6.45, 7) is 3.74.